The molecule has 0 spiro atoms. The Balaban J connectivity index is 0.00000180. The van der Waals surface area contributed by atoms with E-state index in [2.05, 4.69) is 6.92 Å². The molecule has 1 aliphatic heterocycles. The van der Waals surface area contributed by atoms with Crippen LogP contribution in [0.2, 0.25) is 0 Å². The van der Waals surface area contributed by atoms with Crippen LogP contribution in [0.15, 0.2) is 11.4 Å². The molecule has 108 valence electrons. The number of amides is 1. The second-order valence-electron chi connectivity index (χ2n) is 4.77. The molecule has 0 aliphatic carbocycles. The van der Waals surface area contributed by atoms with Gasteiger partial charge in [0.2, 0.25) is 0 Å². The molecule has 0 bridgehead atoms. The summed E-state index contributed by atoms with van der Waals surface area (Å²) in [6.07, 6.45) is 2.21. The largest absolute Gasteiger partial charge is 0.496 e. The van der Waals surface area contributed by atoms with Crippen molar-refractivity contribution in [1.29, 1.82) is 0 Å². The number of carbonyl (C=O) groups is 1. The number of halogens is 1. The topological polar surface area (TPSA) is 55.6 Å². The quantitative estimate of drug-likeness (QED) is 0.933. The van der Waals surface area contributed by atoms with Crippen LogP contribution in [0.25, 0.3) is 0 Å². The minimum absolute atomic E-state index is 0. The molecular weight excluding hydrogens is 284 g/mol. The lowest BCUT2D eigenvalue weighted by Gasteiger charge is -2.39. The Hall–Kier alpha value is -0.780. The highest BCUT2D eigenvalue weighted by Gasteiger charge is 2.31. The van der Waals surface area contributed by atoms with Gasteiger partial charge in [-0.15, -0.1) is 23.7 Å². The summed E-state index contributed by atoms with van der Waals surface area (Å²) in [5.41, 5.74) is 5.82. The molecular formula is C13H21ClN2O2S. The third-order valence-electron chi connectivity index (χ3n) is 3.64. The molecule has 4 nitrogen and oxygen atoms in total. The van der Waals surface area contributed by atoms with Crippen molar-refractivity contribution in [1.82, 2.24) is 4.90 Å². The maximum absolute atomic E-state index is 12.5. The monoisotopic (exact) mass is 304 g/mol. The van der Waals surface area contributed by atoms with E-state index in [0.717, 1.165) is 30.0 Å². The van der Waals surface area contributed by atoms with Crippen molar-refractivity contribution >= 4 is 29.7 Å². The van der Waals surface area contributed by atoms with Crippen molar-refractivity contribution < 1.29 is 9.53 Å². The highest BCUT2D eigenvalue weighted by Crippen LogP contribution is 2.28. The van der Waals surface area contributed by atoms with Gasteiger partial charge >= 0.3 is 0 Å². The normalized spacial score (nSPS) is 22.8. The molecule has 2 atom stereocenters. The van der Waals surface area contributed by atoms with Crippen LogP contribution in [0.1, 0.15) is 29.4 Å². The molecule has 0 radical (unpaired) electrons. The standard InChI is InChI=1S/C13H20N2O2S.ClH/c1-9-4-3-5-15(11(9)7-14)13(16)12-6-10(17-2)8-18-12;/h6,8-9,11H,3-5,7,14H2,1-2H3;1H. The summed E-state index contributed by atoms with van der Waals surface area (Å²) in [5, 5.41) is 1.86. The first-order valence-electron chi connectivity index (χ1n) is 6.31. The summed E-state index contributed by atoms with van der Waals surface area (Å²) in [6.45, 7) is 3.52. The van der Waals surface area contributed by atoms with E-state index in [1.54, 1.807) is 13.2 Å². The third-order valence-corrected chi connectivity index (χ3v) is 4.54. The average molecular weight is 305 g/mol. The molecule has 19 heavy (non-hydrogen) atoms. The fourth-order valence-corrected chi connectivity index (χ4v) is 3.35. The zero-order valence-corrected chi connectivity index (χ0v) is 12.9. The fourth-order valence-electron chi connectivity index (χ4n) is 2.54. The second kappa shape index (κ2) is 7.12. The Bertz CT molecular complexity index is 425. The van der Waals surface area contributed by atoms with Crippen molar-refractivity contribution in [2.24, 2.45) is 11.7 Å². The molecule has 1 amide bonds. The van der Waals surface area contributed by atoms with Crippen LogP contribution in [0.3, 0.4) is 0 Å². The van der Waals surface area contributed by atoms with Gasteiger partial charge in [0.05, 0.1) is 12.0 Å². The lowest BCUT2D eigenvalue weighted by molar-refractivity contribution is 0.0537. The maximum Gasteiger partial charge on any atom is 0.264 e. The van der Waals surface area contributed by atoms with E-state index in [1.165, 1.54) is 11.3 Å². The van der Waals surface area contributed by atoms with E-state index in [9.17, 15) is 4.79 Å². The van der Waals surface area contributed by atoms with Gasteiger partial charge in [-0.3, -0.25) is 4.79 Å². The van der Waals surface area contributed by atoms with Crippen LogP contribution in [0.5, 0.6) is 5.75 Å². The van der Waals surface area contributed by atoms with Crippen LogP contribution in [-0.2, 0) is 0 Å². The summed E-state index contributed by atoms with van der Waals surface area (Å²) in [6, 6.07) is 1.97. The lowest BCUT2D eigenvalue weighted by atomic mass is 9.90. The Morgan fingerprint density at radius 2 is 2.37 bits per heavy atom. The highest BCUT2D eigenvalue weighted by molar-refractivity contribution is 7.12. The molecule has 1 saturated heterocycles. The van der Waals surface area contributed by atoms with Crippen LogP contribution < -0.4 is 10.5 Å². The van der Waals surface area contributed by atoms with Crippen LogP contribution in [-0.4, -0.2) is 37.0 Å². The van der Waals surface area contributed by atoms with Gasteiger partial charge in [-0.25, -0.2) is 0 Å². The minimum atomic E-state index is 0. The Morgan fingerprint density at radius 3 is 2.95 bits per heavy atom. The van der Waals surface area contributed by atoms with E-state index in [1.807, 2.05) is 10.3 Å². The first kappa shape index (κ1) is 16.3. The maximum atomic E-state index is 12.5. The number of nitrogens with two attached hydrogens (primary N) is 1. The number of hydrogen-bond acceptors (Lipinski definition) is 4. The van der Waals surface area contributed by atoms with E-state index in [4.69, 9.17) is 10.5 Å². The number of carbonyl (C=O) groups excluding carboxylic acids is 1. The van der Waals surface area contributed by atoms with Crippen molar-refractivity contribution in [2.45, 2.75) is 25.8 Å². The number of thiophene rings is 1. The summed E-state index contributed by atoms with van der Waals surface area (Å²) in [7, 11) is 1.61. The predicted octanol–water partition coefficient (Wildman–Crippen LogP) is 2.38. The molecule has 1 aliphatic rings. The number of rotatable bonds is 3. The van der Waals surface area contributed by atoms with Crippen molar-refractivity contribution in [2.75, 3.05) is 20.2 Å². The Labute approximate surface area is 124 Å². The van der Waals surface area contributed by atoms with Gasteiger partial charge in [0.1, 0.15) is 5.75 Å². The molecule has 2 unspecified atom stereocenters. The number of hydrogen-bond donors (Lipinski definition) is 1. The lowest BCUT2D eigenvalue weighted by Crippen LogP contribution is -2.51. The van der Waals surface area contributed by atoms with E-state index >= 15 is 0 Å². The molecule has 1 fully saturated rings. The number of methoxy groups -OCH3 is 1. The Kier molecular flexibility index (Phi) is 6.10. The predicted molar refractivity (Wildman–Crippen MR) is 80.4 cm³/mol. The number of ether oxygens (including phenoxy) is 1. The van der Waals surface area contributed by atoms with Gasteiger partial charge in [-0.05, 0) is 18.8 Å². The fraction of sp³-hybridized carbons (Fsp3) is 0.615. The summed E-state index contributed by atoms with van der Waals surface area (Å²) in [5.74, 6) is 1.32. The van der Waals surface area contributed by atoms with Crippen molar-refractivity contribution in [3.05, 3.63) is 16.3 Å². The minimum Gasteiger partial charge on any atom is -0.496 e. The highest BCUT2D eigenvalue weighted by atomic mass is 35.5. The molecule has 1 aromatic heterocycles. The van der Waals surface area contributed by atoms with E-state index < -0.39 is 0 Å². The summed E-state index contributed by atoms with van der Waals surface area (Å²) < 4.78 is 5.12. The molecule has 1 aromatic rings. The third kappa shape index (κ3) is 3.41. The van der Waals surface area contributed by atoms with Gasteiger partial charge in [0.15, 0.2) is 0 Å². The first-order chi connectivity index (χ1) is 8.67. The average Bonchev–Trinajstić information content (AvgIpc) is 2.86. The van der Waals surface area contributed by atoms with Crippen LogP contribution in [0, 0.1) is 5.92 Å². The van der Waals surface area contributed by atoms with Gasteiger partial charge < -0.3 is 15.4 Å². The van der Waals surface area contributed by atoms with E-state index in [-0.39, 0.29) is 24.4 Å². The smallest absolute Gasteiger partial charge is 0.264 e. The van der Waals surface area contributed by atoms with Crippen LogP contribution in [0.4, 0.5) is 0 Å². The number of likely N-dealkylation sites (tertiary alicyclic amines) is 1. The first-order valence-corrected chi connectivity index (χ1v) is 7.19. The molecule has 2 heterocycles. The molecule has 0 aromatic carbocycles. The molecule has 0 saturated carbocycles. The summed E-state index contributed by atoms with van der Waals surface area (Å²) >= 11 is 1.43. The Morgan fingerprint density at radius 1 is 1.63 bits per heavy atom. The molecule has 2 N–H and O–H groups in total. The van der Waals surface area contributed by atoms with E-state index in [0.29, 0.717) is 12.5 Å². The molecule has 6 heteroatoms. The van der Waals surface area contributed by atoms with Gasteiger partial charge in [-0.1, -0.05) is 6.92 Å². The number of nitrogens with zero attached hydrogens (tertiary/aromatic N) is 1. The van der Waals surface area contributed by atoms with Gasteiger partial charge in [0, 0.05) is 30.6 Å². The number of piperidine rings is 1. The van der Waals surface area contributed by atoms with Crippen LogP contribution >= 0.6 is 23.7 Å². The zero-order valence-electron chi connectivity index (χ0n) is 11.3. The molecule has 2 rings (SSSR count). The van der Waals surface area contributed by atoms with Gasteiger partial charge in [-0.2, -0.15) is 0 Å². The SMILES string of the molecule is COc1csc(C(=O)N2CCCC(C)C2CN)c1.Cl. The van der Waals surface area contributed by atoms with Crippen molar-refractivity contribution in [3.63, 3.8) is 0 Å². The summed E-state index contributed by atoms with van der Waals surface area (Å²) in [4.78, 5) is 15.1. The van der Waals surface area contributed by atoms with Gasteiger partial charge in [0.25, 0.3) is 5.91 Å². The zero-order chi connectivity index (χ0) is 13.1. The second-order valence-corrected chi connectivity index (χ2v) is 5.68. The van der Waals surface area contributed by atoms with Crippen molar-refractivity contribution in [3.8, 4) is 5.75 Å².